The Bertz CT molecular complexity index is 1130. The van der Waals surface area contributed by atoms with Crippen molar-refractivity contribution in [2.24, 2.45) is 0 Å². The van der Waals surface area contributed by atoms with E-state index >= 15 is 0 Å². The molecule has 1 aromatic carbocycles. The van der Waals surface area contributed by atoms with Crippen LogP contribution in [0.25, 0.3) is 10.6 Å². The number of hydrogen-bond donors (Lipinski definition) is 0. The summed E-state index contributed by atoms with van der Waals surface area (Å²) in [6.07, 6.45) is 4.72. The third-order valence-corrected chi connectivity index (χ3v) is 6.23. The molecule has 0 radical (unpaired) electrons. The normalized spacial score (nSPS) is 15.8. The number of hydrogen-bond acceptors (Lipinski definition) is 10. The smallest absolute Gasteiger partial charge is 0.331 e. The molecular weight excluding hydrogens is 432 g/mol. The molecule has 0 bridgehead atoms. The van der Waals surface area contributed by atoms with E-state index in [9.17, 15) is 9.59 Å². The molecule has 3 aromatic rings. The maximum absolute atomic E-state index is 13.4. The summed E-state index contributed by atoms with van der Waals surface area (Å²) < 4.78 is 16.0. The van der Waals surface area contributed by atoms with E-state index < -0.39 is 12.0 Å². The maximum atomic E-state index is 13.4. The lowest BCUT2D eigenvalue weighted by Crippen LogP contribution is -2.49. The van der Waals surface area contributed by atoms with Gasteiger partial charge < -0.3 is 14.2 Å². The summed E-state index contributed by atoms with van der Waals surface area (Å²) in [6, 6.07) is 4.37. The van der Waals surface area contributed by atoms with Crippen LogP contribution in [0.3, 0.4) is 0 Å². The number of fused-ring (bicyclic) bond motifs is 1. The minimum absolute atomic E-state index is 0.185. The molecule has 0 amide bonds. The van der Waals surface area contributed by atoms with Crippen LogP contribution in [0.2, 0.25) is 0 Å². The van der Waals surface area contributed by atoms with Crippen LogP contribution in [0, 0.1) is 0 Å². The van der Waals surface area contributed by atoms with Crippen molar-refractivity contribution in [1.29, 1.82) is 0 Å². The molecule has 0 spiro atoms. The molecule has 1 aliphatic rings. The van der Waals surface area contributed by atoms with Crippen molar-refractivity contribution in [3.63, 3.8) is 0 Å². The Morgan fingerprint density at radius 1 is 1.22 bits per heavy atom. The number of nitrogens with zero attached hydrogens (tertiary/aromatic N) is 4. The standard InChI is InChI=1S/C22H22N4O5S/c1-4-31-22(28)18-19(27)20-16(25-21(32-20)14-8-23-12-24-9-14)11-26(18)10-13-5-6-15(29-2)7-17(13)30-3/h5-9,12,18H,4,10-11H2,1-3H3. The lowest BCUT2D eigenvalue weighted by molar-refractivity contribution is -0.148. The van der Waals surface area contributed by atoms with Crippen molar-refractivity contribution in [3.8, 4) is 22.1 Å². The number of esters is 1. The van der Waals surface area contributed by atoms with E-state index in [2.05, 4.69) is 15.0 Å². The lowest BCUT2D eigenvalue weighted by atomic mass is 10.0. The fourth-order valence-electron chi connectivity index (χ4n) is 3.58. The third-order valence-electron chi connectivity index (χ3n) is 5.07. The Hall–Kier alpha value is -3.37. The molecule has 0 N–H and O–H groups in total. The molecule has 0 saturated carbocycles. The molecule has 0 fully saturated rings. The predicted molar refractivity (Wildman–Crippen MR) is 117 cm³/mol. The van der Waals surface area contributed by atoms with Gasteiger partial charge in [-0.1, -0.05) is 6.07 Å². The number of ether oxygens (including phenoxy) is 3. The van der Waals surface area contributed by atoms with Crippen LogP contribution in [0.5, 0.6) is 11.5 Å². The third kappa shape index (κ3) is 4.19. The van der Waals surface area contributed by atoms with Crippen LogP contribution in [-0.2, 0) is 22.6 Å². The van der Waals surface area contributed by atoms with E-state index in [-0.39, 0.29) is 12.4 Å². The topological polar surface area (TPSA) is 104 Å². The largest absolute Gasteiger partial charge is 0.497 e. The zero-order valence-corrected chi connectivity index (χ0v) is 18.7. The number of rotatable bonds is 7. The second kappa shape index (κ2) is 9.41. The van der Waals surface area contributed by atoms with Crippen molar-refractivity contribution in [1.82, 2.24) is 19.9 Å². The Morgan fingerprint density at radius 3 is 2.69 bits per heavy atom. The lowest BCUT2D eigenvalue weighted by Gasteiger charge is -2.32. The fraction of sp³-hybridized carbons (Fsp3) is 0.318. The van der Waals surface area contributed by atoms with Crippen LogP contribution >= 0.6 is 11.3 Å². The summed E-state index contributed by atoms with van der Waals surface area (Å²) in [6.45, 7) is 2.51. The summed E-state index contributed by atoms with van der Waals surface area (Å²) >= 11 is 1.24. The summed E-state index contributed by atoms with van der Waals surface area (Å²) in [5.74, 6) is 0.357. The number of aromatic nitrogens is 3. The van der Waals surface area contributed by atoms with Crippen molar-refractivity contribution in [3.05, 3.63) is 53.1 Å². The van der Waals surface area contributed by atoms with Crippen molar-refractivity contribution >= 4 is 23.1 Å². The first-order valence-electron chi connectivity index (χ1n) is 9.96. The molecule has 3 heterocycles. The van der Waals surface area contributed by atoms with Gasteiger partial charge in [-0.3, -0.25) is 9.69 Å². The van der Waals surface area contributed by atoms with Gasteiger partial charge in [0, 0.05) is 42.7 Å². The van der Waals surface area contributed by atoms with Gasteiger partial charge in [0.1, 0.15) is 22.8 Å². The number of carbonyl (C=O) groups is 2. The molecular formula is C22H22N4O5S. The number of thiazole rings is 1. The highest BCUT2D eigenvalue weighted by Crippen LogP contribution is 2.35. The van der Waals surface area contributed by atoms with E-state index in [1.807, 2.05) is 12.1 Å². The molecule has 4 rings (SSSR count). The van der Waals surface area contributed by atoms with Crippen molar-refractivity contribution in [2.45, 2.75) is 26.1 Å². The number of carbonyl (C=O) groups excluding carboxylic acids is 2. The zero-order valence-electron chi connectivity index (χ0n) is 17.9. The van der Waals surface area contributed by atoms with E-state index in [0.717, 1.165) is 11.1 Å². The summed E-state index contributed by atoms with van der Waals surface area (Å²) in [5, 5.41) is 0.635. The molecule has 166 valence electrons. The SMILES string of the molecule is CCOC(=O)C1C(=O)c2sc(-c3cncnc3)nc2CN1Cc1ccc(OC)cc1OC. The van der Waals surface area contributed by atoms with Gasteiger partial charge >= 0.3 is 5.97 Å². The molecule has 1 unspecified atom stereocenters. The molecule has 1 aliphatic heterocycles. The highest BCUT2D eigenvalue weighted by molar-refractivity contribution is 7.17. The first-order valence-corrected chi connectivity index (χ1v) is 10.8. The second-order valence-electron chi connectivity index (χ2n) is 7.02. The van der Waals surface area contributed by atoms with Gasteiger partial charge in [-0.05, 0) is 13.0 Å². The van der Waals surface area contributed by atoms with Crippen LogP contribution in [0.1, 0.15) is 27.9 Å². The first-order chi connectivity index (χ1) is 15.5. The highest BCUT2D eigenvalue weighted by Gasteiger charge is 2.42. The number of benzene rings is 1. The minimum Gasteiger partial charge on any atom is -0.497 e. The van der Waals surface area contributed by atoms with Crippen LogP contribution in [-0.4, -0.2) is 58.5 Å². The van der Waals surface area contributed by atoms with Crippen molar-refractivity contribution in [2.75, 3.05) is 20.8 Å². The van der Waals surface area contributed by atoms with Crippen LogP contribution in [0.4, 0.5) is 0 Å². The van der Waals surface area contributed by atoms with Crippen LogP contribution < -0.4 is 9.47 Å². The van der Waals surface area contributed by atoms with E-state index in [1.165, 1.54) is 17.7 Å². The molecule has 10 heteroatoms. The van der Waals surface area contributed by atoms with E-state index in [0.29, 0.717) is 40.2 Å². The van der Waals surface area contributed by atoms with Gasteiger partial charge in [0.2, 0.25) is 5.78 Å². The number of methoxy groups -OCH3 is 2. The quantitative estimate of drug-likeness (QED) is 0.394. The van der Waals surface area contributed by atoms with Gasteiger partial charge in [-0.25, -0.2) is 19.7 Å². The Balaban J connectivity index is 1.71. The minimum atomic E-state index is -1.06. The maximum Gasteiger partial charge on any atom is 0.331 e. The Labute approximate surface area is 189 Å². The molecule has 32 heavy (non-hydrogen) atoms. The van der Waals surface area contributed by atoms with Gasteiger partial charge in [0.05, 0.1) is 31.4 Å². The molecule has 9 nitrogen and oxygen atoms in total. The molecule has 1 atom stereocenters. The summed E-state index contributed by atoms with van der Waals surface area (Å²) in [7, 11) is 3.14. The van der Waals surface area contributed by atoms with Gasteiger partial charge in [0.25, 0.3) is 0 Å². The van der Waals surface area contributed by atoms with Gasteiger partial charge in [-0.15, -0.1) is 11.3 Å². The summed E-state index contributed by atoms with van der Waals surface area (Å²) in [4.78, 5) is 41.1. The molecule has 0 saturated heterocycles. The molecule has 0 aliphatic carbocycles. The number of Topliss-reactive ketones (excluding diaryl/α,β-unsaturated/α-hetero) is 1. The number of ketones is 1. The van der Waals surface area contributed by atoms with Gasteiger partial charge in [-0.2, -0.15) is 0 Å². The zero-order chi connectivity index (χ0) is 22.7. The van der Waals surface area contributed by atoms with Crippen molar-refractivity contribution < 1.29 is 23.8 Å². The van der Waals surface area contributed by atoms with Crippen LogP contribution in [0.15, 0.2) is 36.9 Å². The predicted octanol–water partition coefficient (Wildman–Crippen LogP) is 2.75. The van der Waals surface area contributed by atoms with E-state index in [1.54, 1.807) is 44.5 Å². The Kier molecular flexibility index (Phi) is 6.42. The summed E-state index contributed by atoms with van der Waals surface area (Å²) in [5.41, 5.74) is 2.15. The average Bonchev–Trinajstić information content (AvgIpc) is 3.25. The average molecular weight is 455 g/mol. The molecule has 2 aromatic heterocycles. The first kappa shape index (κ1) is 21.8. The monoisotopic (exact) mass is 454 g/mol. The van der Waals surface area contributed by atoms with E-state index in [4.69, 9.17) is 14.2 Å². The fourth-order valence-corrected chi connectivity index (χ4v) is 4.60. The second-order valence-corrected chi connectivity index (χ2v) is 8.02. The highest BCUT2D eigenvalue weighted by atomic mass is 32.1. The Morgan fingerprint density at radius 2 is 2.00 bits per heavy atom. The van der Waals surface area contributed by atoms with Gasteiger partial charge in [0.15, 0.2) is 6.04 Å².